The number of primary sulfonamides is 1. The Hall–Kier alpha value is -1.79. The van der Waals surface area contributed by atoms with Gasteiger partial charge in [-0.25, -0.2) is 13.6 Å². The monoisotopic (exact) mass is 308 g/mol. The fourth-order valence-electron chi connectivity index (χ4n) is 2.13. The fourth-order valence-corrected chi connectivity index (χ4v) is 2.75. The maximum atomic E-state index is 11.5. The van der Waals surface area contributed by atoms with Crippen molar-refractivity contribution >= 4 is 15.7 Å². The average molecular weight is 308 g/mol. The number of hydrogen-bond donors (Lipinski definition) is 2. The number of sulfonamides is 1. The third kappa shape index (κ3) is 3.46. The third-order valence-electron chi connectivity index (χ3n) is 3.53. The molecule has 1 unspecified atom stereocenters. The van der Waals surface area contributed by atoms with Gasteiger partial charge in [-0.3, -0.25) is 0 Å². The predicted octanol–water partition coefficient (Wildman–Crippen LogP) is 3.03. The second-order valence-electron chi connectivity index (χ2n) is 5.27. The maximum absolute atomic E-state index is 11.5. The topological polar surface area (TPSA) is 85.3 Å². The molecule has 1 aromatic heterocycles. The molecular formula is C15H20N2O3S. The number of furan rings is 1. The summed E-state index contributed by atoms with van der Waals surface area (Å²) in [5.74, 6) is 1.63. The highest BCUT2D eigenvalue weighted by molar-refractivity contribution is 7.89. The lowest BCUT2D eigenvalue weighted by atomic mass is 10.1. The van der Waals surface area contributed by atoms with Gasteiger partial charge in [0.15, 0.2) is 0 Å². The Kier molecular flexibility index (Phi) is 4.11. The van der Waals surface area contributed by atoms with Crippen molar-refractivity contribution in [3.05, 3.63) is 46.9 Å². The highest BCUT2D eigenvalue weighted by Gasteiger charge is 2.15. The molecule has 5 nitrogen and oxygen atoms in total. The SMILES string of the molecule is Cc1ccc(C(C)Nc2cc(S(N)(=O)=O)cc(C)c2C)o1. The Labute approximate surface area is 125 Å². The van der Waals surface area contributed by atoms with Crippen LogP contribution in [0.25, 0.3) is 0 Å². The number of rotatable bonds is 4. The molecule has 0 aliphatic carbocycles. The van der Waals surface area contributed by atoms with Crippen molar-refractivity contribution in [1.82, 2.24) is 0 Å². The molecule has 2 rings (SSSR count). The van der Waals surface area contributed by atoms with Gasteiger partial charge in [-0.1, -0.05) is 0 Å². The third-order valence-corrected chi connectivity index (χ3v) is 4.42. The van der Waals surface area contributed by atoms with Crippen molar-refractivity contribution < 1.29 is 12.8 Å². The average Bonchev–Trinajstić information content (AvgIpc) is 2.80. The van der Waals surface area contributed by atoms with Crippen LogP contribution >= 0.6 is 0 Å². The van der Waals surface area contributed by atoms with Gasteiger partial charge in [-0.2, -0.15) is 0 Å². The maximum Gasteiger partial charge on any atom is 0.238 e. The second-order valence-corrected chi connectivity index (χ2v) is 6.83. The molecule has 114 valence electrons. The minimum absolute atomic E-state index is 0.0764. The van der Waals surface area contributed by atoms with Gasteiger partial charge in [0, 0.05) is 5.69 Å². The van der Waals surface area contributed by atoms with E-state index >= 15 is 0 Å². The van der Waals surface area contributed by atoms with E-state index in [4.69, 9.17) is 9.56 Å². The summed E-state index contributed by atoms with van der Waals surface area (Å²) in [6.07, 6.45) is 0. The minimum atomic E-state index is -3.72. The van der Waals surface area contributed by atoms with Crippen molar-refractivity contribution in [3.8, 4) is 0 Å². The molecule has 0 radical (unpaired) electrons. The van der Waals surface area contributed by atoms with Gasteiger partial charge in [0.2, 0.25) is 10.0 Å². The van der Waals surface area contributed by atoms with Gasteiger partial charge in [0.1, 0.15) is 11.5 Å². The zero-order valence-electron chi connectivity index (χ0n) is 12.6. The first-order valence-corrected chi connectivity index (χ1v) is 8.20. The van der Waals surface area contributed by atoms with Crippen LogP contribution in [-0.4, -0.2) is 8.42 Å². The molecule has 0 saturated carbocycles. The number of nitrogens with two attached hydrogens (primary N) is 1. The molecule has 0 spiro atoms. The molecule has 2 aromatic rings. The number of benzene rings is 1. The van der Waals surface area contributed by atoms with Crippen molar-refractivity contribution in [3.63, 3.8) is 0 Å². The van der Waals surface area contributed by atoms with Crippen LogP contribution in [0.1, 0.15) is 35.6 Å². The van der Waals surface area contributed by atoms with E-state index in [1.807, 2.05) is 39.8 Å². The van der Waals surface area contributed by atoms with E-state index in [0.29, 0.717) is 0 Å². The van der Waals surface area contributed by atoms with Crippen LogP contribution in [0.5, 0.6) is 0 Å². The lowest BCUT2D eigenvalue weighted by Crippen LogP contribution is -2.14. The summed E-state index contributed by atoms with van der Waals surface area (Å²) in [6.45, 7) is 7.63. The van der Waals surface area contributed by atoms with Crippen molar-refractivity contribution in [2.24, 2.45) is 5.14 Å². The standard InChI is InChI=1S/C15H20N2O3S/c1-9-7-13(21(16,18)19)8-14(11(9)3)17-12(4)15-6-5-10(2)20-15/h5-8,12,17H,1-4H3,(H2,16,18,19). The summed E-state index contributed by atoms with van der Waals surface area (Å²) in [6, 6.07) is 6.86. The molecule has 1 atom stereocenters. The molecule has 1 aromatic carbocycles. The largest absolute Gasteiger partial charge is 0.464 e. The molecule has 6 heteroatoms. The molecule has 0 amide bonds. The number of hydrogen-bond acceptors (Lipinski definition) is 4. The van der Waals surface area contributed by atoms with E-state index in [9.17, 15) is 8.42 Å². The zero-order chi connectivity index (χ0) is 15.8. The van der Waals surface area contributed by atoms with E-state index in [-0.39, 0.29) is 10.9 Å². The highest BCUT2D eigenvalue weighted by atomic mass is 32.2. The number of aryl methyl sites for hydroxylation is 2. The Morgan fingerprint density at radius 2 is 1.86 bits per heavy atom. The molecule has 1 heterocycles. The first kappa shape index (κ1) is 15.6. The Morgan fingerprint density at radius 1 is 1.19 bits per heavy atom. The van der Waals surface area contributed by atoms with Crippen LogP contribution < -0.4 is 10.5 Å². The summed E-state index contributed by atoms with van der Waals surface area (Å²) in [5, 5.41) is 8.50. The van der Waals surface area contributed by atoms with E-state index in [0.717, 1.165) is 28.3 Å². The fraction of sp³-hybridized carbons (Fsp3) is 0.333. The van der Waals surface area contributed by atoms with Gasteiger partial charge < -0.3 is 9.73 Å². The molecule has 0 fully saturated rings. The number of anilines is 1. The van der Waals surface area contributed by atoms with Crippen LogP contribution in [0.4, 0.5) is 5.69 Å². The molecule has 21 heavy (non-hydrogen) atoms. The first-order chi connectivity index (χ1) is 9.68. The van der Waals surface area contributed by atoms with Crippen molar-refractivity contribution in [2.45, 2.75) is 38.6 Å². The lowest BCUT2D eigenvalue weighted by molar-refractivity contribution is 0.467. The summed E-state index contributed by atoms with van der Waals surface area (Å²) >= 11 is 0. The predicted molar refractivity (Wildman–Crippen MR) is 82.8 cm³/mol. The van der Waals surface area contributed by atoms with E-state index < -0.39 is 10.0 Å². The van der Waals surface area contributed by atoms with Crippen LogP contribution in [0.2, 0.25) is 0 Å². The van der Waals surface area contributed by atoms with Gasteiger partial charge in [0.25, 0.3) is 0 Å². The number of nitrogens with one attached hydrogen (secondary N) is 1. The van der Waals surface area contributed by atoms with Crippen molar-refractivity contribution in [1.29, 1.82) is 0 Å². The molecule has 0 bridgehead atoms. The second kappa shape index (κ2) is 5.54. The quantitative estimate of drug-likeness (QED) is 0.909. The molecule has 3 N–H and O–H groups in total. The van der Waals surface area contributed by atoms with Crippen LogP contribution in [0.15, 0.2) is 33.6 Å². The molecule has 0 saturated heterocycles. The van der Waals surface area contributed by atoms with Crippen LogP contribution in [0.3, 0.4) is 0 Å². The van der Waals surface area contributed by atoms with E-state index in [1.54, 1.807) is 12.1 Å². The summed E-state index contributed by atoms with van der Waals surface area (Å²) in [7, 11) is -3.72. The van der Waals surface area contributed by atoms with Crippen LogP contribution in [-0.2, 0) is 10.0 Å². The zero-order valence-corrected chi connectivity index (χ0v) is 13.4. The molecule has 0 aliphatic heterocycles. The Balaban J connectivity index is 2.37. The first-order valence-electron chi connectivity index (χ1n) is 6.65. The Morgan fingerprint density at radius 3 is 2.38 bits per heavy atom. The highest BCUT2D eigenvalue weighted by Crippen LogP contribution is 2.27. The normalized spacial score (nSPS) is 13.2. The summed E-state index contributed by atoms with van der Waals surface area (Å²) < 4.78 is 28.7. The lowest BCUT2D eigenvalue weighted by Gasteiger charge is -2.17. The van der Waals surface area contributed by atoms with Crippen molar-refractivity contribution in [2.75, 3.05) is 5.32 Å². The smallest absolute Gasteiger partial charge is 0.238 e. The van der Waals surface area contributed by atoms with Crippen LogP contribution in [0, 0.1) is 20.8 Å². The minimum Gasteiger partial charge on any atom is -0.464 e. The Bertz CT molecular complexity index is 763. The molecular weight excluding hydrogens is 288 g/mol. The summed E-state index contributed by atoms with van der Waals surface area (Å²) in [4.78, 5) is 0.107. The van der Waals surface area contributed by atoms with Gasteiger partial charge >= 0.3 is 0 Å². The molecule has 0 aliphatic rings. The van der Waals surface area contributed by atoms with Gasteiger partial charge in [-0.15, -0.1) is 0 Å². The van der Waals surface area contributed by atoms with Gasteiger partial charge in [-0.05, 0) is 63.1 Å². The van der Waals surface area contributed by atoms with Gasteiger partial charge in [0.05, 0.1) is 10.9 Å². The van der Waals surface area contributed by atoms with E-state index in [2.05, 4.69) is 5.32 Å². The summed E-state index contributed by atoms with van der Waals surface area (Å²) in [5.41, 5.74) is 2.59. The van der Waals surface area contributed by atoms with E-state index in [1.165, 1.54) is 0 Å².